The standard InChI is InChI=1S/C23H20Cl2F4N2O4/c1-21(33-4-5-34-21)11-20(32)30-12-14-6-13(2-3-18(14)26)19-10-22(35-31-19,23(27,28)29)15-7-16(24)9-17(25)8-15/h2-3,6-9H,4-5,10-12H2,1H3,(H,30,32). The number of ether oxygens (including phenoxy) is 2. The molecule has 0 spiro atoms. The Balaban J connectivity index is 1.52. The third-order valence-electron chi connectivity index (χ3n) is 5.75. The highest BCUT2D eigenvalue weighted by molar-refractivity contribution is 6.34. The van der Waals surface area contributed by atoms with Crippen LogP contribution in [0.5, 0.6) is 0 Å². The van der Waals surface area contributed by atoms with E-state index in [4.69, 9.17) is 37.5 Å². The normalized spacial score (nSPS) is 21.5. The predicted octanol–water partition coefficient (Wildman–Crippen LogP) is 5.48. The molecule has 1 unspecified atom stereocenters. The Bertz CT molecular complexity index is 1150. The van der Waals surface area contributed by atoms with Gasteiger partial charge in [0.1, 0.15) is 5.82 Å². The van der Waals surface area contributed by atoms with Crippen LogP contribution in [0.25, 0.3) is 0 Å². The van der Waals surface area contributed by atoms with Gasteiger partial charge in [-0.15, -0.1) is 0 Å². The van der Waals surface area contributed by atoms with E-state index in [1.807, 2.05) is 0 Å². The molecule has 6 nitrogen and oxygen atoms in total. The number of nitrogens with zero attached hydrogens (tertiary/aromatic N) is 1. The molecule has 0 bridgehead atoms. The van der Waals surface area contributed by atoms with Gasteiger partial charge in [0.05, 0.1) is 25.3 Å². The number of oxime groups is 1. The molecule has 35 heavy (non-hydrogen) atoms. The third-order valence-corrected chi connectivity index (χ3v) is 6.19. The SMILES string of the molecule is CC1(CC(=O)NCc2cc(C3=NOC(c4cc(Cl)cc(Cl)c4)(C(F)(F)F)C3)ccc2F)OCCO1. The number of hydrogen-bond acceptors (Lipinski definition) is 5. The summed E-state index contributed by atoms with van der Waals surface area (Å²) in [5.74, 6) is -2.13. The van der Waals surface area contributed by atoms with Crippen molar-refractivity contribution in [3.8, 4) is 0 Å². The van der Waals surface area contributed by atoms with E-state index in [1.165, 1.54) is 18.2 Å². The summed E-state index contributed by atoms with van der Waals surface area (Å²) >= 11 is 11.8. The molecule has 2 aliphatic rings. The van der Waals surface area contributed by atoms with Gasteiger partial charge >= 0.3 is 6.18 Å². The highest BCUT2D eigenvalue weighted by Crippen LogP contribution is 2.49. The van der Waals surface area contributed by atoms with Gasteiger partial charge in [-0.2, -0.15) is 13.2 Å². The van der Waals surface area contributed by atoms with Crippen molar-refractivity contribution < 1.29 is 36.7 Å². The Labute approximate surface area is 208 Å². The summed E-state index contributed by atoms with van der Waals surface area (Å²) in [5.41, 5.74) is -2.89. The van der Waals surface area contributed by atoms with Crippen molar-refractivity contribution in [2.24, 2.45) is 5.16 Å². The number of carbonyl (C=O) groups is 1. The number of alkyl halides is 3. The Morgan fingerprint density at radius 2 is 1.77 bits per heavy atom. The first-order valence-corrected chi connectivity index (χ1v) is 11.3. The van der Waals surface area contributed by atoms with Gasteiger partial charge in [0.25, 0.3) is 5.60 Å². The summed E-state index contributed by atoms with van der Waals surface area (Å²) in [6, 6.07) is 7.24. The van der Waals surface area contributed by atoms with E-state index in [0.717, 1.165) is 18.2 Å². The molecule has 1 fully saturated rings. The average molecular weight is 535 g/mol. The van der Waals surface area contributed by atoms with Crippen LogP contribution in [-0.4, -0.2) is 36.8 Å². The number of nitrogens with one attached hydrogen (secondary N) is 1. The lowest BCUT2D eigenvalue weighted by Crippen LogP contribution is -2.42. The third kappa shape index (κ3) is 5.40. The minimum absolute atomic E-state index is 0.00949. The maximum absolute atomic E-state index is 14.4. The molecule has 2 aromatic carbocycles. The van der Waals surface area contributed by atoms with Gasteiger partial charge in [0.2, 0.25) is 5.91 Å². The van der Waals surface area contributed by atoms with Crippen LogP contribution in [0.1, 0.15) is 36.5 Å². The fraction of sp³-hybridized carbons (Fsp3) is 0.391. The zero-order valence-corrected chi connectivity index (χ0v) is 19.9. The molecular weight excluding hydrogens is 515 g/mol. The lowest BCUT2D eigenvalue weighted by Gasteiger charge is -2.29. The van der Waals surface area contributed by atoms with E-state index < -0.39 is 35.7 Å². The fourth-order valence-electron chi connectivity index (χ4n) is 3.94. The van der Waals surface area contributed by atoms with Crippen LogP contribution in [0.15, 0.2) is 41.6 Å². The van der Waals surface area contributed by atoms with E-state index in [-0.39, 0.29) is 45.4 Å². The molecule has 0 saturated carbocycles. The fourth-order valence-corrected chi connectivity index (χ4v) is 4.47. The summed E-state index contributed by atoms with van der Waals surface area (Å²) in [4.78, 5) is 17.2. The molecular formula is C23H20Cl2F4N2O4. The van der Waals surface area contributed by atoms with Crippen molar-refractivity contribution in [1.29, 1.82) is 0 Å². The van der Waals surface area contributed by atoms with Crippen molar-refractivity contribution in [3.63, 3.8) is 0 Å². The molecule has 0 aliphatic carbocycles. The number of hydrogen-bond donors (Lipinski definition) is 1. The Morgan fingerprint density at radius 1 is 1.11 bits per heavy atom. The molecule has 0 radical (unpaired) electrons. The topological polar surface area (TPSA) is 69.2 Å². The molecule has 188 valence electrons. The maximum atomic E-state index is 14.4. The molecule has 12 heteroatoms. The molecule has 1 N–H and O–H groups in total. The molecule has 2 aliphatic heterocycles. The average Bonchev–Trinajstić information content (AvgIpc) is 3.40. The number of rotatable bonds is 6. The molecule has 4 rings (SSSR count). The van der Waals surface area contributed by atoms with Crippen molar-refractivity contribution in [3.05, 3.63) is 69.0 Å². The second-order valence-electron chi connectivity index (χ2n) is 8.38. The highest BCUT2D eigenvalue weighted by atomic mass is 35.5. The quantitative estimate of drug-likeness (QED) is 0.498. The largest absolute Gasteiger partial charge is 0.435 e. The van der Waals surface area contributed by atoms with E-state index in [1.54, 1.807) is 6.92 Å². The number of amides is 1. The second kappa shape index (κ2) is 9.57. The maximum Gasteiger partial charge on any atom is 0.435 e. The molecule has 2 heterocycles. The van der Waals surface area contributed by atoms with Gasteiger partial charge < -0.3 is 19.6 Å². The van der Waals surface area contributed by atoms with Gasteiger partial charge in [0, 0.05) is 39.7 Å². The number of benzene rings is 2. The van der Waals surface area contributed by atoms with Crippen LogP contribution >= 0.6 is 23.2 Å². The zero-order valence-electron chi connectivity index (χ0n) is 18.3. The van der Waals surface area contributed by atoms with E-state index in [2.05, 4.69) is 10.5 Å². The monoisotopic (exact) mass is 534 g/mol. The van der Waals surface area contributed by atoms with Crippen LogP contribution in [0.2, 0.25) is 10.0 Å². The summed E-state index contributed by atoms with van der Waals surface area (Å²) in [5, 5.41) is 6.26. The summed E-state index contributed by atoms with van der Waals surface area (Å²) < 4.78 is 67.7. The number of halogens is 6. The molecule has 2 aromatic rings. The van der Waals surface area contributed by atoms with Crippen LogP contribution < -0.4 is 5.32 Å². The summed E-state index contributed by atoms with van der Waals surface area (Å²) in [7, 11) is 0. The first-order valence-electron chi connectivity index (χ1n) is 10.5. The smallest absolute Gasteiger partial charge is 0.374 e. The minimum Gasteiger partial charge on any atom is -0.374 e. The predicted molar refractivity (Wildman–Crippen MR) is 120 cm³/mol. The summed E-state index contributed by atoms with van der Waals surface area (Å²) in [6.45, 7) is 2.16. The van der Waals surface area contributed by atoms with E-state index in [0.29, 0.717) is 13.2 Å². The van der Waals surface area contributed by atoms with Crippen LogP contribution in [0, 0.1) is 5.82 Å². The Hall–Kier alpha value is -2.40. The lowest BCUT2D eigenvalue weighted by atomic mass is 9.86. The first-order chi connectivity index (χ1) is 16.4. The zero-order chi connectivity index (χ0) is 25.4. The van der Waals surface area contributed by atoms with Gasteiger partial charge in [-0.3, -0.25) is 4.79 Å². The second-order valence-corrected chi connectivity index (χ2v) is 9.25. The van der Waals surface area contributed by atoms with Crippen molar-refractivity contribution in [2.45, 2.75) is 43.9 Å². The minimum atomic E-state index is -4.86. The highest BCUT2D eigenvalue weighted by Gasteiger charge is 2.62. The Kier molecular flexibility index (Phi) is 7.02. The van der Waals surface area contributed by atoms with Gasteiger partial charge in [-0.25, -0.2) is 4.39 Å². The van der Waals surface area contributed by atoms with Gasteiger partial charge in [-0.05, 0) is 37.3 Å². The lowest BCUT2D eigenvalue weighted by molar-refractivity contribution is -0.275. The van der Waals surface area contributed by atoms with Gasteiger partial charge in [0.15, 0.2) is 5.79 Å². The Morgan fingerprint density at radius 3 is 2.40 bits per heavy atom. The molecule has 1 atom stereocenters. The van der Waals surface area contributed by atoms with Crippen molar-refractivity contribution in [1.82, 2.24) is 5.32 Å². The molecule has 0 aromatic heterocycles. The van der Waals surface area contributed by atoms with Crippen molar-refractivity contribution in [2.75, 3.05) is 13.2 Å². The van der Waals surface area contributed by atoms with E-state index in [9.17, 15) is 22.4 Å². The molecule has 1 saturated heterocycles. The van der Waals surface area contributed by atoms with E-state index >= 15 is 0 Å². The van der Waals surface area contributed by atoms with Crippen LogP contribution in [-0.2, 0) is 31.3 Å². The van der Waals surface area contributed by atoms with Gasteiger partial charge in [-0.1, -0.05) is 34.4 Å². The van der Waals surface area contributed by atoms with Crippen LogP contribution in [0.3, 0.4) is 0 Å². The van der Waals surface area contributed by atoms with Crippen molar-refractivity contribution >= 4 is 34.8 Å². The van der Waals surface area contributed by atoms with Crippen LogP contribution in [0.4, 0.5) is 17.6 Å². The number of carbonyl (C=O) groups excluding carboxylic acids is 1. The molecule has 1 amide bonds. The first kappa shape index (κ1) is 25.7. The summed E-state index contributed by atoms with van der Waals surface area (Å²) in [6.07, 6.45) is -5.63.